The number of benzene rings is 2. The second-order valence-corrected chi connectivity index (χ2v) is 9.12. The van der Waals surface area contributed by atoms with Crippen LogP contribution in [0.5, 0.6) is 0 Å². The molecule has 1 aliphatic heterocycles. The zero-order valence-electron chi connectivity index (χ0n) is 16.4. The molecule has 0 radical (unpaired) electrons. The summed E-state index contributed by atoms with van der Waals surface area (Å²) in [4.78, 5) is 5.93. The molecule has 2 heterocycles. The summed E-state index contributed by atoms with van der Waals surface area (Å²) in [6.45, 7) is 4.59. The van der Waals surface area contributed by atoms with E-state index in [2.05, 4.69) is 4.98 Å². The van der Waals surface area contributed by atoms with Crippen LogP contribution in [-0.4, -0.2) is 38.7 Å². The van der Waals surface area contributed by atoms with Crippen LogP contribution in [-0.2, 0) is 14.6 Å². The maximum atomic E-state index is 13.3. The Kier molecular flexibility index (Phi) is 5.33. The molecule has 9 heteroatoms. The van der Waals surface area contributed by atoms with Crippen LogP contribution >= 0.6 is 0 Å². The highest BCUT2D eigenvalue weighted by molar-refractivity contribution is 7.91. The molecule has 1 aliphatic rings. The second kappa shape index (κ2) is 7.81. The van der Waals surface area contributed by atoms with Crippen LogP contribution in [0.1, 0.15) is 13.8 Å². The van der Waals surface area contributed by atoms with Gasteiger partial charge >= 0.3 is 0 Å². The van der Waals surface area contributed by atoms with Crippen molar-refractivity contribution < 1.29 is 26.4 Å². The molecule has 6 nitrogen and oxygen atoms in total. The van der Waals surface area contributed by atoms with Gasteiger partial charge in [0, 0.05) is 18.7 Å². The van der Waals surface area contributed by atoms with Crippen LogP contribution in [0.15, 0.2) is 62.9 Å². The van der Waals surface area contributed by atoms with Gasteiger partial charge in [-0.05, 0) is 62.4 Å². The Morgan fingerprint density at radius 1 is 0.933 bits per heavy atom. The normalized spacial score (nSPS) is 19.8. The van der Waals surface area contributed by atoms with Gasteiger partial charge in [0.25, 0.3) is 0 Å². The minimum absolute atomic E-state index is 0.0532. The van der Waals surface area contributed by atoms with Gasteiger partial charge in [-0.3, -0.25) is 0 Å². The van der Waals surface area contributed by atoms with Gasteiger partial charge in [0.2, 0.25) is 26.6 Å². The van der Waals surface area contributed by atoms with Crippen LogP contribution < -0.4 is 4.90 Å². The number of oxazole rings is 1. The average molecular weight is 434 g/mol. The molecule has 158 valence electrons. The topological polar surface area (TPSA) is 72.6 Å². The Morgan fingerprint density at radius 2 is 1.47 bits per heavy atom. The monoisotopic (exact) mass is 434 g/mol. The van der Waals surface area contributed by atoms with Crippen LogP contribution in [0.25, 0.3) is 11.5 Å². The molecule has 1 aromatic heterocycles. The summed E-state index contributed by atoms with van der Waals surface area (Å²) in [5.41, 5.74) is 0.438. The van der Waals surface area contributed by atoms with Crippen molar-refractivity contribution in [3.05, 3.63) is 60.2 Å². The summed E-state index contributed by atoms with van der Waals surface area (Å²) in [6, 6.07) is 9.93. The first kappa shape index (κ1) is 20.5. The summed E-state index contributed by atoms with van der Waals surface area (Å²) >= 11 is 0. The molecule has 1 fully saturated rings. The number of aromatic nitrogens is 1. The molecular weight excluding hydrogens is 414 g/mol. The minimum Gasteiger partial charge on any atom is -0.419 e. The van der Waals surface area contributed by atoms with Crippen LogP contribution in [0.2, 0.25) is 0 Å². The molecule has 0 N–H and O–H groups in total. The van der Waals surface area contributed by atoms with E-state index in [-0.39, 0.29) is 33.9 Å². The van der Waals surface area contributed by atoms with Crippen molar-refractivity contribution in [3.63, 3.8) is 0 Å². The summed E-state index contributed by atoms with van der Waals surface area (Å²) < 4.78 is 64.9. The molecule has 3 aromatic rings. The van der Waals surface area contributed by atoms with Gasteiger partial charge in [0.15, 0.2) is 0 Å². The molecule has 30 heavy (non-hydrogen) atoms. The standard InChI is InChI=1S/C21H20F2N2O4S/c1-13-11-25(12-14(2)28-13)21-20(30(26,27)18-9-7-17(23)8-10-18)24-19(29-21)15-3-5-16(22)6-4-15/h3-10,13-14H,11-12H2,1-2H3. The van der Waals surface area contributed by atoms with Crippen molar-refractivity contribution >= 4 is 15.7 Å². The Labute approximate surface area is 173 Å². The molecule has 0 saturated carbocycles. The predicted molar refractivity (Wildman–Crippen MR) is 106 cm³/mol. The number of hydrogen-bond acceptors (Lipinski definition) is 6. The van der Waals surface area contributed by atoms with E-state index < -0.39 is 21.5 Å². The van der Waals surface area contributed by atoms with Crippen molar-refractivity contribution in [1.29, 1.82) is 0 Å². The third kappa shape index (κ3) is 3.95. The van der Waals surface area contributed by atoms with Crippen molar-refractivity contribution in [1.82, 2.24) is 4.98 Å². The van der Waals surface area contributed by atoms with Crippen molar-refractivity contribution in [2.75, 3.05) is 18.0 Å². The molecule has 0 spiro atoms. The average Bonchev–Trinajstić information content (AvgIpc) is 3.14. The van der Waals surface area contributed by atoms with Gasteiger partial charge in [-0.1, -0.05) is 0 Å². The van der Waals surface area contributed by atoms with Gasteiger partial charge in [-0.25, -0.2) is 17.2 Å². The van der Waals surface area contributed by atoms with E-state index in [1.807, 2.05) is 13.8 Å². The molecule has 0 bridgehead atoms. The number of rotatable bonds is 4. The molecule has 1 saturated heterocycles. The van der Waals surface area contributed by atoms with Crippen molar-refractivity contribution in [2.24, 2.45) is 0 Å². The van der Waals surface area contributed by atoms with E-state index in [1.165, 1.54) is 36.4 Å². The number of morpholine rings is 1. The van der Waals surface area contributed by atoms with E-state index in [0.717, 1.165) is 12.1 Å². The highest BCUT2D eigenvalue weighted by Crippen LogP contribution is 2.36. The Hall–Kier alpha value is -2.78. The molecule has 2 atom stereocenters. The van der Waals surface area contributed by atoms with E-state index >= 15 is 0 Å². The Morgan fingerprint density at radius 3 is 2.03 bits per heavy atom. The quantitative estimate of drug-likeness (QED) is 0.577. The fourth-order valence-corrected chi connectivity index (χ4v) is 4.78. The summed E-state index contributed by atoms with van der Waals surface area (Å²) in [6.07, 6.45) is -0.288. The first-order valence-electron chi connectivity index (χ1n) is 9.42. The number of anilines is 1. The van der Waals surface area contributed by atoms with E-state index in [9.17, 15) is 17.2 Å². The van der Waals surface area contributed by atoms with Crippen LogP contribution in [0.4, 0.5) is 14.7 Å². The Bertz CT molecular complexity index is 1130. The van der Waals surface area contributed by atoms with E-state index in [0.29, 0.717) is 18.7 Å². The van der Waals surface area contributed by atoms with Gasteiger partial charge < -0.3 is 14.1 Å². The first-order chi connectivity index (χ1) is 14.2. The lowest BCUT2D eigenvalue weighted by Crippen LogP contribution is -2.45. The molecule has 0 aliphatic carbocycles. The van der Waals surface area contributed by atoms with Crippen molar-refractivity contribution in [3.8, 4) is 11.5 Å². The van der Waals surface area contributed by atoms with Crippen LogP contribution in [0, 0.1) is 11.6 Å². The van der Waals surface area contributed by atoms with E-state index in [4.69, 9.17) is 9.15 Å². The number of ether oxygens (including phenoxy) is 1. The summed E-state index contributed by atoms with van der Waals surface area (Å²) in [7, 11) is -4.09. The highest BCUT2D eigenvalue weighted by Gasteiger charge is 2.34. The number of sulfone groups is 1. The lowest BCUT2D eigenvalue weighted by atomic mass is 10.2. The molecule has 4 rings (SSSR count). The first-order valence-corrected chi connectivity index (χ1v) is 10.9. The molecule has 2 unspecified atom stereocenters. The van der Waals surface area contributed by atoms with E-state index in [1.54, 1.807) is 4.90 Å². The highest BCUT2D eigenvalue weighted by atomic mass is 32.2. The Balaban J connectivity index is 1.85. The largest absolute Gasteiger partial charge is 0.419 e. The number of hydrogen-bond donors (Lipinski definition) is 0. The fourth-order valence-electron chi connectivity index (χ4n) is 3.46. The summed E-state index contributed by atoms with van der Waals surface area (Å²) in [5.74, 6) is -0.837. The van der Waals surface area contributed by atoms with Gasteiger partial charge in [-0.2, -0.15) is 4.98 Å². The second-order valence-electron chi connectivity index (χ2n) is 7.26. The maximum absolute atomic E-state index is 13.3. The van der Waals surface area contributed by atoms with Gasteiger partial charge in [0.05, 0.1) is 17.1 Å². The van der Waals surface area contributed by atoms with Crippen LogP contribution in [0.3, 0.4) is 0 Å². The molecular formula is C21H20F2N2O4S. The molecule has 2 aromatic carbocycles. The number of nitrogens with zero attached hydrogens (tertiary/aromatic N) is 2. The van der Waals surface area contributed by atoms with Crippen molar-refractivity contribution in [2.45, 2.75) is 36.0 Å². The lowest BCUT2D eigenvalue weighted by molar-refractivity contribution is -0.00657. The predicted octanol–water partition coefficient (Wildman–Crippen LogP) is 4.07. The lowest BCUT2D eigenvalue weighted by Gasteiger charge is -2.35. The maximum Gasteiger partial charge on any atom is 0.236 e. The fraction of sp³-hybridized carbons (Fsp3) is 0.286. The number of halogens is 2. The summed E-state index contributed by atoms with van der Waals surface area (Å²) in [5, 5.41) is -0.269. The third-order valence-electron chi connectivity index (χ3n) is 4.76. The SMILES string of the molecule is CC1CN(c2oc(-c3ccc(F)cc3)nc2S(=O)(=O)c2ccc(F)cc2)CC(C)O1. The third-order valence-corrected chi connectivity index (χ3v) is 6.42. The zero-order chi connectivity index (χ0) is 21.5. The smallest absolute Gasteiger partial charge is 0.236 e. The van der Waals surface area contributed by atoms with Gasteiger partial charge in [0.1, 0.15) is 11.6 Å². The molecule has 0 amide bonds. The zero-order valence-corrected chi connectivity index (χ0v) is 17.2. The minimum atomic E-state index is -4.09. The van der Waals surface area contributed by atoms with Gasteiger partial charge in [-0.15, -0.1) is 0 Å².